The molecule has 0 aliphatic carbocycles. The Labute approximate surface area is 152 Å². The molecule has 3 nitrogen and oxygen atoms in total. The Morgan fingerprint density at radius 2 is 1.85 bits per heavy atom. The van der Waals surface area contributed by atoms with Gasteiger partial charge in [-0.3, -0.25) is 4.79 Å². The highest BCUT2D eigenvalue weighted by Crippen LogP contribution is 2.29. The van der Waals surface area contributed by atoms with Gasteiger partial charge in [-0.15, -0.1) is 0 Å². The minimum absolute atomic E-state index is 0.0425. The van der Waals surface area contributed by atoms with Crippen LogP contribution in [-0.2, 0) is 18.4 Å². The lowest BCUT2D eigenvalue weighted by Crippen LogP contribution is -2.35. The summed E-state index contributed by atoms with van der Waals surface area (Å²) in [7, 11) is 0. The predicted molar refractivity (Wildman–Crippen MR) is 102 cm³/mol. The molecule has 1 amide bonds. The molecule has 1 aromatic heterocycles. The fourth-order valence-corrected chi connectivity index (χ4v) is 3.68. The highest BCUT2D eigenvalue weighted by molar-refractivity contribution is 5.95. The third-order valence-electron chi connectivity index (χ3n) is 5.22. The minimum Gasteiger partial charge on any atom is -0.357 e. The Hall–Kier alpha value is -2.62. The molecule has 0 fully saturated rings. The zero-order valence-corrected chi connectivity index (χ0v) is 15.4. The van der Waals surface area contributed by atoms with Crippen molar-refractivity contribution in [2.45, 2.75) is 39.2 Å². The largest absolute Gasteiger partial charge is 0.357 e. The molecule has 2 heterocycles. The Morgan fingerprint density at radius 3 is 2.54 bits per heavy atom. The van der Waals surface area contributed by atoms with E-state index in [9.17, 15) is 9.18 Å². The highest BCUT2D eigenvalue weighted by Gasteiger charge is 2.25. The number of nitrogens with one attached hydrogen (secondary N) is 1. The molecule has 1 aliphatic rings. The zero-order chi connectivity index (χ0) is 18.5. The molecule has 0 bridgehead atoms. The van der Waals surface area contributed by atoms with Gasteiger partial charge in [0.2, 0.25) is 0 Å². The average Bonchev–Trinajstić information content (AvgIpc) is 2.97. The summed E-state index contributed by atoms with van der Waals surface area (Å²) in [5.74, 6) is -0.183. The summed E-state index contributed by atoms with van der Waals surface area (Å²) in [4.78, 5) is 18.1. The number of halogens is 1. The number of fused-ring (bicyclic) bond motifs is 3. The lowest BCUT2D eigenvalue weighted by Gasteiger charge is -2.27. The fourth-order valence-electron chi connectivity index (χ4n) is 3.68. The van der Waals surface area contributed by atoms with E-state index in [1.165, 1.54) is 11.6 Å². The summed E-state index contributed by atoms with van der Waals surface area (Å²) >= 11 is 0. The van der Waals surface area contributed by atoms with Crippen LogP contribution in [0.2, 0.25) is 0 Å². The number of aromatic amines is 1. The Balaban J connectivity index is 1.58. The van der Waals surface area contributed by atoms with Crippen LogP contribution >= 0.6 is 0 Å². The zero-order valence-electron chi connectivity index (χ0n) is 15.4. The number of H-pyrrole nitrogens is 1. The van der Waals surface area contributed by atoms with Gasteiger partial charge in [0.25, 0.3) is 5.91 Å². The van der Waals surface area contributed by atoms with Crippen molar-refractivity contribution in [3.63, 3.8) is 0 Å². The molecule has 1 aliphatic heterocycles. The van der Waals surface area contributed by atoms with E-state index in [4.69, 9.17) is 0 Å². The summed E-state index contributed by atoms with van der Waals surface area (Å²) in [5.41, 5.74) is 5.07. The molecule has 2 aromatic carbocycles. The van der Waals surface area contributed by atoms with Crippen molar-refractivity contribution in [1.29, 1.82) is 0 Å². The van der Waals surface area contributed by atoms with Gasteiger partial charge in [0, 0.05) is 28.7 Å². The van der Waals surface area contributed by atoms with Gasteiger partial charge in [0.15, 0.2) is 0 Å². The molecule has 3 aromatic rings. The number of carbonyl (C=O) groups excluding carboxylic acids is 1. The number of hydrogen-bond donors (Lipinski definition) is 1. The second-order valence-electron chi connectivity index (χ2n) is 8.08. The van der Waals surface area contributed by atoms with E-state index in [-0.39, 0.29) is 17.1 Å². The van der Waals surface area contributed by atoms with E-state index >= 15 is 0 Å². The SMILES string of the molecule is CC(C)(C)c1ccc(C(=O)N2CCc3c([nH]c4ccc(F)cc34)C2)cc1. The molecular formula is C22H23FN2O. The Bertz CT molecular complexity index is 980. The second-order valence-corrected chi connectivity index (χ2v) is 8.08. The minimum atomic E-state index is -0.225. The maximum atomic E-state index is 13.5. The number of hydrogen-bond acceptors (Lipinski definition) is 1. The first-order chi connectivity index (χ1) is 12.3. The van der Waals surface area contributed by atoms with Crippen LogP contribution in [0.1, 0.15) is 48.0 Å². The van der Waals surface area contributed by atoms with Crippen LogP contribution in [0, 0.1) is 5.82 Å². The fraction of sp³-hybridized carbons (Fsp3) is 0.318. The Morgan fingerprint density at radius 1 is 1.12 bits per heavy atom. The van der Waals surface area contributed by atoms with Crippen molar-refractivity contribution in [3.05, 3.63) is 70.7 Å². The van der Waals surface area contributed by atoms with Crippen LogP contribution in [0.4, 0.5) is 4.39 Å². The van der Waals surface area contributed by atoms with Gasteiger partial charge in [0.1, 0.15) is 5.82 Å². The molecule has 1 N–H and O–H groups in total. The number of aromatic nitrogens is 1. The third kappa shape index (κ3) is 2.90. The lowest BCUT2D eigenvalue weighted by atomic mass is 9.86. The van der Waals surface area contributed by atoms with Crippen molar-refractivity contribution < 1.29 is 9.18 Å². The number of carbonyl (C=O) groups is 1. The van der Waals surface area contributed by atoms with Crippen molar-refractivity contribution in [2.75, 3.05) is 6.54 Å². The average molecular weight is 350 g/mol. The molecule has 4 heteroatoms. The van der Waals surface area contributed by atoms with Gasteiger partial charge in [-0.25, -0.2) is 4.39 Å². The standard InChI is InChI=1S/C22H23FN2O/c1-22(2,3)15-6-4-14(5-7-15)21(26)25-11-10-17-18-12-16(23)8-9-19(18)24-20(17)13-25/h4-9,12,24H,10-11,13H2,1-3H3. The first kappa shape index (κ1) is 16.8. The van der Waals surface area contributed by atoms with Gasteiger partial charge in [-0.1, -0.05) is 32.9 Å². The van der Waals surface area contributed by atoms with Crippen LogP contribution in [0.5, 0.6) is 0 Å². The van der Waals surface area contributed by atoms with E-state index in [1.807, 2.05) is 29.2 Å². The third-order valence-corrected chi connectivity index (χ3v) is 5.22. The van der Waals surface area contributed by atoms with Crippen molar-refractivity contribution in [3.8, 4) is 0 Å². The summed E-state index contributed by atoms with van der Waals surface area (Å²) in [6.07, 6.45) is 0.741. The monoisotopic (exact) mass is 350 g/mol. The number of nitrogens with zero attached hydrogens (tertiary/aromatic N) is 1. The molecular weight excluding hydrogens is 327 g/mol. The topological polar surface area (TPSA) is 36.1 Å². The molecule has 134 valence electrons. The molecule has 26 heavy (non-hydrogen) atoms. The molecule has 0 saturated carbocycles. The normalized spacial score (nSPS) is 14.5. The van der Waals surface area contributed by atoms with Crippen LogP contribution < -0.4 is 0 Å². The highest BCUT2D eigenvalue weighted by atomic mass is 19.1. The van der Waals surface area contributed by atoms with Gasteiger partial charge in [-0.05, 0) is 53.3 Å². The van der Waals surface area contributed by atoms with Gasteiger partial charge < -0.3 is 9.88 Å². The molecule has 4 rings (SSSR count). The van der Waals surface area contributed by atoms with E-state index in [1.54, 1.807) is 12.1 Å². The van der Waals surface area contributed by atoms with E-state index < -0.39 is 0 Å². The van der Waals surface area contributed by atoms with Crippen LogP contribution in [0.25, 0.3) is 10.9 Å². The predicted octanol–water partition coefficient (Wildman–Crippen LogP) is 4.80. The number of benzene rings is 2. The molecule has 0 unspecified atom stereocenters. The quantitative estimate of drug-likeness (QED) is 0.672. The molecule has 0 spiro atoms. The van der Waals surface area contributed by atoms with Crippen LogP contribution in [0.3, 0.4) is 0 Å². The van der Waals surface area contributed by atoms with Gasteiger partial charge >= 0.3 is 0 Å². The smallest absolute Gasteiger partial charge is 0.254 e. The number of amides is 1. The summed E-state index contributed by atoms with van der Waals surface area (Å²) in [6.45, 7) is 7.67. The van der Waals surface area contributed by atoms with Crippen LogP contribution in [0.15, 0.2) is 42.5 Å². The van der Waals surface area contributed by atoms with E-state index in [0.717, 1.165) is 28.6 Å². The Kier molecular flexibility index (Phi) is 3.87. The van der Waals surface area contributed by atoms with Gasteiger partial charge in [-0.2, -0.15) is 0 Å². The lowest BCUT2D eigenvalue weighted by molar-refractivity contribution is 0.0733. The maximum Gasteiger partial charge on any atom is 0.254 e. The maximum absolute atomic E-state index is 13.5. The molecule has 0 atom stereocenters. The van der Waals surface area contributed by atoms with E-state index in [0.29, 0.717) is 18.7 Å². The molecule has 0 saturated heterocycles. The van der Waals surface area contributed by atoms with Crippen molar-refractivity contribution >= 4 is 16.8 Å². The summed E-state index contributed by atoms with van der Waals surface area (Å²) in [6, 6.07) is 12.7. The first-order valence-electron chi connectivity index (χ1n) is 9.02. The van der Waals surface area contributed by atoms with Gasteiger partial charge in [0.05, 0.1) is 6.54 Å². The first-order valence-corrected chi connectivity index (χ1v) is 9.02. The van der Waals surface area contributed by atoms with Crippen molar-refractivity contribution in [1.82, 2.24) is 9.88 Å². The molecule has 0 radical (unpaired) electrons. The summed E-state index contributed by atoms with van der Waals surface area (Å²) in [5, 5.41) is 0.932. The van der Waals surface area contributed by atoms with Crippen LogP contribution in [-0.4, -0.2) is 22.3 Å². The number of rotatable bonds is 1. The van der Waals surface area contributed by atoms with E-state index in [2.05, 4.69) is 25.8 Å². The summed E-state index contributed by atoms with van der Waals surface area (Å²) < 4.78 is 13.5. The second kappa shape index (κ2) is 5.97. The van der Waals surface area contributed by atoms with Crippen molar-refractivity contribution in [2.24, 2.45) is 0 Å².